The predicted molar refractivity (Wildman–Crippen MR) is 113 cm³/mol. The molecular formula is C23H15N3O2S. The van der Waals surface area contributed by atoms with Crippen LogP contribution in [0.2, 0.25) is 0 Å². The third-order valence-electron chi connectivity index (χ3n) is 4.11. The van der Waals surface area contributed by atoms with Gasteiger partial charge in [-0.2, -0.15) is 5.26 Å². The largest absolute Gasteiger partial charge is 0.457 e. The van der Waals surface area contributed by atoms with Gasteiger partial charge in [-0.05, 0) is 42.5 Å². The number of rotatable bonds is 5. The summed E-state index contributed by atoms with van der Waals surface area (Å²) in [5, 5.41) is 14.1. The average Bonchev–Trinajstić information content (AvgIpc) is 3.23. The van der Waals surface area contributed by atoms with Crippen LogP contribution in [0.3, 0.4) is 0 Å². The van der Waals surface area contributed by atoms with Crippen LogP contribution in [-0.2, 0) is 0 Å². The Labute approximate surface area is 171 Å². The third-order valence-corrected chi connectivity index (χ3v) is 4.87. The molecule has 3 aromatic carbocycles. The summed E-state index contributed by atoms with van der Waals surface area (Å²) in [6.45, 7) is 0. The number of aromatic nitrogens is 1. The molecule has 140 valence electrons. The van der Waals surface area contributed by atoms with E-state index in [1.807, 2.05) is 47.8 Å². The molecule has 1 aromatic heterocycles. The van der Waals surface area contributed by atoms with Gasteiger partial charge < -0.3 is 4.74 Å². The first kappa shape index (κ1) is 18.4. The molecular weight excluding hydrogens is 382 g/mol. The molecule has 0 bridgehead atoms. The summed E-state index contributed by atoms with van der Waals surface area (Å²) < 4.78 is 5.78. The number of thiazole rings is 1. The lowest BCUT2D eigenvalue weighted by Crippen LogP contribution is -2.11. The second-order valence-corrected chi connectivity index (χ2v) is 6.98. The van der Waals surface area contributed by atoms with Crippen molar-refractivity contribution < 1.29 is 9.53 Å². The number of anilines is 1. The topological polar surface area (TPSA) is 75.0 Å². The maximum Gasteiger partial charge on any atom is 0.257 e. The first-order valence-corrected chi connectivity index (χ1v) is 9.69. The number of ether oxygens (including phenoxy) is 1. The molecule has 6 heteroatoms. The molecule has 0 aliphatic rings. The molecule has 0 saturated heterocycles. The molecule has 0 radical (unpaired) electrons. The zero-order valence-corrected chi connectivity index (χ0v) is 16.0. The molecule has 4 rings (SSSR count). The van der Waals surface area contributed by atoms with Gasteiger partial charge in [-0.1, -0.05) is 36.4 Å². The van der Waals surface area contributed by atoms with E-state index in [0.717, 1.165) is 11.3 Å². The number of nitrogens with one attached hydrogen (secondary N) is 1. The minimum atomic E-state index is -0.260. The first-order valence-electron chi connectivity index (χ1n) is 8.82. The molecule has 4 aromatic rings. The summed E-state index contributed by atoms with van der Waals surface area (Å²) in [6, 6.07) is 25.6. The summed E-state index contributed by atoms with van der Waals surface area (Å²) in [5.41, 5.74) is 2.71. The summed E-state index contributed by atoms with van der Waals surface area (Å²) in [5.74, 6) is 1.03. The van der Waals surface area contributed by atoms with Crippen LogP contribution in [0.1, 0.15) is 15.9 Å². The lowest BCUT2D eigenvalue weighted by atomic mass is 10.1. The Balaban J connectivity index is 1.46. The minimum absolute atomic E-state index is 0.260. The Kier molecular flexibility index (Phi) is 5.32. The third kappa shape index (κ3) is 4.49. The van der Waals surface area contributed by atoms with Gasteiger partial charge in [0, 0.05) is 16.5 Å². The highest BCUT2D eigenvalue weighted by molar-refractivity contribution is 7.14. The molecule has 0 spiro atoms. The number of nitriles is 1. The van der Waals surface area contributed by atoms with Gasteiger partial charge in [0.15, 0.2) is 5.13 Å². The zero-order valence-electron chi connectivity index (χ0n) is 15.2. The van der Waals surface area contributed by atoms with Crippen LogP contribution in [-0.4, -0.2) is 10.9 Å². The molecule has 0 atom stereocenters. The predicted octanol–water partition coefficient (Wildman–Crippen LogP) is 5.73. The van der Waals surface area contributed by atoms with Gasteiger partial charge >= 0.3 is 0 Å². The second-order valence-electron chi connectivity index (χ2n) is 6.12. The van der Waals surface area contributed by atoms with E-state index in [1.54, 1.807) is 36.4 Å². The summed E-state index contributed by atoms with van der Waals surface area (Å²) in [4.78, 5) is 17.1. The molecule has 1 heterocycles. The number of hydrogen-bond donors (Lipinski definition) is 1. The number of benzene rings is 3. The Bertz CT molecular complexity index is 1180. The number of amides is 1. The molecule has 0 unspecified atom stereocenters. The maximum absolute atomic E-state index is 12.6. The smallest absolute Gasteiger partial charge is 0.257 e. The van der Waals surface area contributed by atoms with E-state index in [9.17, 15) is 4.79 Å². The standard InChI is InChI=1S/C23H15N3O2S/c24-14-16-9-11-17(12-10-16)21-15-29-23(25-21)26-22(27)18-5-4-8-20(13-18)28-19-6-2-1-3-7-19/h1-13,15H,(H,25,26,27). The van der Waals surface area contributed by atoms with Crippen molar-refractivity contribution in [3.63, 3.8) is 0 Å². The van der Waals surface area contributed by atoms with Gasteiger partial charge in [0.05, 0.1) is 17.3 Å². The molecule has 0 fully saturated rings. The molecule has 29 heavy (non-hydrogen) atoms. The highest BCUT2D eigenvalue weighted by Gasteiger charge is 2.11. The normalized spacial score (nSPS) is 10.2. The van der Waals surface area contributed by atoms with Gasteiger partial charge in [-0.25, -0.2) is 4.98 Å². The van der Waals surface area contributed by atoms with Gasteiger partial charge in [0.1, 0.15) is 11.5 Å². The Morgan fingerprint density at radius 2 is 1.72 bits per heavy atom. The quantitative estimate of drug-likeness (QED) is 0.467. The van der Waals surface area contributed by atoms with Crippen molar-refractivity contribution in [1.29, 1.82) is 5.26 Å². The van der Waals surface area contributed by atoms with Crippen molar-refractivity contribution in [2.24, 2.45) is 0 Å². The second kappa shape index (κ2) is 8.38. The number of carbonyl (C=O) groups excluding carboxylic acids is 1. The number of para-hydroxylation sites is 1. The van der Waals surface area contributed by atoms with Crippen LogP contribution in [0.15, 0.2) is 84.2 Å². The van der Waals surface area contributed by atoms with Crippen LogP contribution < -0.4 is 10.1 Å². The number of hydrogen-bond acceptors (Lipinski definition) is 5. The van der Waals surface area contributed by atoms with Crippen molar-refractivity contribution >= 4 is 22.4 Å². The van der Waals surface area contributed by atoms with Crippen molar-refractivity contribution in [1.82, 2.24) is 4.98 Å². The summed E-state index contributed by atoms with van der Waals surface area (Å²) in [7, 11) is 0. The van der Waals surface area contributed by atoms with Crippen molar-refractivity contribution in [2.45, 2.75) is 0 Å². The van der Waals surface area contributed by atoms with Crippen molar-refractivity contribution in [2.75, 3.05) is 5.32 Å². The SMILES string of the molecule is N#Cc1ccc(-c2csc(NC(=O)c3cccc(Oc4ccccc4)c3)n2)cc1. The Hall–Kier alpha value is -3.95. The van der Waals surface area contributed by atoms with Gasteiger partial charge in [0.2, 0.25) is 0 Å². The molecule has 0 saturated carbocycles. The lowest BCUT2D eigenvalue weighted by molar-refractivity contribution is 0.102. The van der Waals surface area contributed by atoms with Crippen LogP contribution in [0.4, 0.5) is 5.13 Å². The highest BCUT2D eigenvalue weighted by atomic mass is 32.1. The van der Waals surface area contributed by atoms with E-state index in [-0.39, 0.29) is 5.91 Å². The van der Waals surface area contributed by atoms with Crippen molar-refractivity contribution in [3.05, 3.63) is 95.4 Å². The van der Waals surface area contributed by atoms with Gasteiger partial charge in [0.25, 0.3) is 5.91 Å². The monoisotopic (exact) mass is 397 g/mol. The lowest BCUT2D eigenvalue weighted by Gasteiger charge is -2.07. The summed E-state index contributed by atoms with van der Waals surface area (Å²) in [6.07, 6.45) is 0. The van der Waals surface area contributed by atoms with E-state index in [0.29, 0.717) is 27.8 Å². The average molecular weight is 397 g/mol. The highest BCUT2D eigenvalue weighted by Crippen LogP contribution is 2.26. The van der Waals surface area contributed by atoms with E-state index < -0.39 is 0 Å². The first-order chi connectivity index (χ1) is 14.2. The van der Waals surface area contributed by atoms with E-state index >= 15 is 0 Å². The Morgan fingerprint density at radius 1 is 0.966 bits per heavy atom. The molecule has 1 amide bonds. The van der Waals surface area contributed by atoms with E-state index in [2.05, 4.69) is 16.4 Å². The van der Waals surface area contributed by atoms with E-state index in [1.165, 1.54) is 11.3 Å². The molecule has 5 nitrogen and oxygen atoms in total. The van der Waals surface area contributed by atoms with Crippen LogP contribution in [0.5, 0.6) is 11.5 Å². The Morgan fingerprint density at radius 3 is 2.48 bits per heavy atom. The summed E-state index contributed by atoms with van der Waals surface area (Å²) >= 11 is 1.34. The maximum atomic E-state index is 12.6. The van der Waals surface area contributed by atoms with Gasteiger partial charge in [-0.3, -0.25) is 10.1 Å². The zero-order chi connectivity index (χ0) is 20.1. The molecule has 1 N–H and O–H groups in total. The number of nitrogens with zero attached hydrogens (tertiary/aromatic N) is 2. The fraction of sp³-hybridized carbons (Fsp3) is 0. The molecule has 0 aliphatic carbocycles. The molecule has 0 aliphatic heterocycles. The van der Waals surface area contributed by atoms with Crippen molar-refractivity contribution in [3.8, 4) is 28.8 Å². The van der Waals surface area contributed by atoms with Crippen LogP contribution >= 0.6 is 11.3 Å². The van der Waals surface area contributed by atoms with Crippen LogP contribution in [0, 0.1) is 11.3 Å². The van der Waals surface area contributed by atoms with Crippen LogP contribution in [0.25, 0.3) is 11.3 Å². The van der Waals surface area contributed by atoms with Gasteiger partial charge in [-0.15, -0.1) is 11.3 Å². The van der Waals surface area contributed by atoms with E-state index in [4.69, 9.17) is 10.00 Å². The fourth-order valence-corrected chi connectivity index (χ4v) is 3.39. The minimum Gasteiger partial charge on any atom is -0.457 e. The fourth-order valence-electron chi connectivity index (χ4n) is 2.67. The number of carbonyl (C=O) groups is 1.